The molecule has 0 spiro atoms. The molecule has 0 bridgehead atoms. The van der Waals surface area contributed by atoms with Gasteiger partial charge in [0.2, 0.25) is 5.75 Å². The average Bonchev–Trinajstić information content (AvgIpc) is 3.34. The zero-order valence-corrected chi connectivity index (χ0v) is 20.4. The molecule has 1 aromatic heterocycles. The summed E-state index contributed by atoms with van der Waals surface area (Å²) in [5, 5.41) is 27.3. The number of carbonyl (C=O) groups is 2. The van der Waals surface area contributed by atoms with E-state index in [9.17, 15) is 24.8 Å². The van der Waals surface area contributed by atoms with Crippen molar-refractivity contribution in [3.8, 4) is 11.5 Å². The number of Topliss-reactive ketones (excluding diaryl/α,β-unsaturated/α-hetero) is 1. The smallest absolute Gasteiger partial charge is 0.336 e. The number of esters is 1. The molecule has 2 atom stereocenters. The summed E-state index contributed by atoms with van der Waals surface area (Å²) in [4.78, 5) is 38.7. The summed E-state index contributed by atoms with van der Waals surface area (Å²) in [6.07, 6.45) is 0.815. The molecule has 0 amide bonds. The van der Waals surface area contributed by atoms with Crippen LogP contribution in [0, 0.1) is 10.1 Å². The maximum atomic E-state index is 13.6. The molecule has 9 nitrogen and oxygen atoms in total. The Morgan fingerprint density at radius 2 is 2.06 bits per heavy atom. The Labute approximate surface area is 206 Å². The number of nitro benzene ring substituents is 1. The highest BCUT2D eigenvalue weighted by molar-refractivity contribution is 7.10. The molecule has 2 heterocycles. The van der Waals surface area contributed by atoms with Crippen LogP contribution in [0.5, 0.6) is 11.5 Å². The third kappa shape index (κ3) is 4.53. The van der Waals surface area contributed by atoms with Crippen molar-refractivity contribution in [2.45, 2.75) is 45.4 Å². The summed E-state index contributed by atoms with van der Waals surface area (Å²) < 4.78 is 10.8. The van der Waals surface area contributed by atoms with Gasteiger partial charge in [0.15, 0.2) is 11.5 Å². The molecular formula is C25H26N2O7S. The second-order valence-electron chi connectivity index (χ2n) is 8.33. The standard InChI is InChI=1S/C25H26N2O7S/c1-4-33-19-12-15(10-17(24(19)29)27(31)32)22-21(25(30)34-5-2)13(3)26-16-9-14(11-18(28)23(16)22)20-7-6-8-35-20/h6-8,10,12,14,22,26,29H,4-5,9,11H2,1-3H3. The van der Waals surface area contributed by atoms with Crippen LogP contribution >= 0.6 is 11.3 Å². The lowest BCUT2D eigenvalue weighted by Crippen LogP contribution is -2.36. The zero-order valence-electron chi connectivity index (χ0n) is 19.6. The Balaban J connectivity index is 1.91. The fraction of sp³-hybridized carbons (Fsp3) is 0.360. The van der Waals surface area contributed by atoms with Crippen LogP contribution in [0.15, 0.2) is 52.2 Å². The first-order chi connectivity index (χ1) is 16.8. The van der Waals surface area contributed by atoms with E-state index in [-0.39, 0.29) is 42.7 Å². The first kappa shape index (κ1) is 24.5. The van der Waals surface area contributed by atoms with Crippen LogP contribution < -0.4 is 10.1 Å². The summed E-state index contributed by atoms with van der Waals surface area (Å²) >= 11 is 1.59. The van der Waals surface area contributed by atoms with Crippen molar-refractivity contribution < 1.29 is 29.1 Å². The Morgan fingerprint density at radius 1 is 1.29 bits per heavy atom. The fourth-order valence-corrected chi connectivity index (χ4v) is 5.59. The largest absolute Gasteiger partial charge is 0.500 e. The topological polar surface area (TPSA) is 128 Å². The van der Waals surface area contributed by atoms with E-state index in [4.69, 9.17) is 9.47 Å². The maximum absolute atomic E-state index is 13.6. The van der Waals surface area contributed by atoms with Gasteiger partial charge >= 0.3 is 11.7 Å². The van der Waals surface area contributed by atoms with E-state index < -0.39 is 28.2 Å². The van der Waals surface area contributed by atoms with Gasteiger partial charge in [-0.1, -0.05) is 6.07 Å². The molecule has 2 unspecified atom stereocenters. The van der Waals surface area contributed by atoms with Gasteiger partial charge in [0, 0.05) is 46.2 Å². The third-order valence-electron chi connectivity index (χ3n) is 6.18. The van der Waals surface area contributed by atoms with Crippen LogP contribution in [-0.4, -0.2) is 35.0 Å². The van der Waals surface area contributed by atoms with Crippen molar-refractivity contribution in [2.75, 3.05) is 13.2 Å². The van der Waals surface area contributed by atoms with E-state index in [2.05, 4.69) is 5.32 Å². The van der Waals surface area contributed by atoms with Crippen LogP contribution in [-0.2, 0) is 14.3 Å². The van der Waals surface area contributed by atoms with Crippen molar-refractivity contribution in [1.29, 1.82) is 0 Å². The number of nitro groups is 1. The zero-order chi connectivity index (χ0) is 25.3. The second-order valence-corrected chi connectivity index (χ2v) is 9.31. The van der Waals surface area contributed by atoms with Crippen molar-refractivity contribution in [3.63, 3.8) is 0 Å². The number of carbonyl (C=O) groups excluding carboxylic acids is 2. The van der Waals surface area contributed by atoms with Gasteiger partial charge < -0.3 is 19.9 Å². The van der Waals surface area contributed by atoms with Crippen molar-refractivity contribution >= 4 is 28.8 Å². The summed E-state index contributed by atoms with van der Waals surface area (Å²) in [5.74, 6) is -2.35. The number of rotatable bonds is 7. The molecule has 2 aliphatic rings. The molecule has 1 aliphatic carbocycles. The maximum Gasteiger partial charge on any atom is 0.336 e. The predicted molar refractivity (Wildman–Crippen MR) is 129 cm³/mol. The normalized spacial score (nSPS) is 19.8. The van der Waals surface area contributed by atoms with Crippen LogP contribution in [0.4, 0.5) is 5.69 Å². The molecule has 35 heavy (non-hydrogen) atoms. The minimum Gasteiger partial charge on any atom is -0.500 e. The molecule has 0 fully saturated rings. The molecule has 2 aromatic rings. The van der Waals surface area contributed by atoms with E-state index in [1.54, 1.807) is 32.1 Å². The lowest BCUT2D eigenvalue weighted by atomic mass is 9.72. The van der Waals surface area contributed by atoms with E-state index in [1.165, 1.54) is 12.1 Å². The molecule has 4 rings (SSSR count). The minimum absolute atomic E-state index is 0.000479. The van der Waals surface area contributed by atoms with Crippen molar-refractivity contribution in [3.05, 3.63) is 72.7 Å². The fourth-order valence-electron chi connectivity index (χ4n) is 4.76. The minimum atomic E-state index is -0.902. The van der Waals surface area contributed by atoms with E-state index >= 15 is 0 Å². The molecule has 0 saturated heterocycles. The van der Waals surface area contributed by atoms with Gasteiger partial charge in [-0.3, -0.25) is 14.9 Å². The number of hydrogen-bond donors (Lipinski definition) is 2. The van der Waals surface area contributed by atoms with Gasteiger partial charge in [0.05, 0.1) is 23.7 Å². The van der Waals surface area contributed by atoms with Gasteiger partial charge in [-0.2, -0.15) is 0 Å². The Hall–Kier alpha value is -3.66. The Kier molecular flexibility index (Phi) is 6.93. The number of benzene rings is 1. The van der Waals surface area contributed by atoms with Crippen LogP contribution in [0.3, 0.4) is 0 Å². The number of allylic oxidation sites excluding steroid dienone is 3. The summed E-state index contributed by atoms with van der Waals surface area (Å²) in [5.41, 5.74) is 1.53. The van der Waals surface area contributed by atoms with E-state index in [0.29, 0.717) is 29.0 Å². The van der Waals surface area contributed by atoms with Gasteiger partial charge in [-0.15, -0.1) is 11.3 Å². The van der Waals surface area contributed by atoms with Crippen LogP contribution in [0.1, 0.15) is 55.9 Å². The molecule has 2 N–H and O–H groups in total. The third-order valence-corrected chi connectivity index (χ3v) is 7.21. The molecule has 1 aliphatic heterocycles. The molecule has 0 saturated carbocycles. The molecular weight excluding hydrogens is 472 g/mol. The number of phenols is 1. The van der Waals surface area contributed by atoms with Crippen molar-refractivity contribution in [2.24, 2.45) is 0 Å². The van der Waals surface area contributed by atoms with Crippen LogP contribution in [0.25, 0.3) is 0 Å². The SMILES string of the molecule is CCOC(=O)C1=C(C)NC2=C(C(=O)CC(c3cccs3)C2)C1c1cc(OCC)c(O)c([N+](=O)[O-])c1. The highest BCUT2D eigenvalue weighted by atomic mass is 32.1. The number of aromatic hydroxyl groups is 1. The molecule has 184 valence electrons. The van der Waals surface area contributed by atoms with Crippen molar-refractivity contribution in [1.82, 2.24) is 5.32 Å². The van der Waals surface area contributed by atoms with E-state index in [0.717, 1.165) is 4.88 Å². The Bertz CT molecular complexity index is 1250. The quantitative estimate of drug-likeness (QED) is 0.320. The number of hydrogen-bond acceptors (Lipinski definition) is 9. The van der Waals surface area contributed by atoms with Crippen LogP contribution in [0.2, 0.25) is 0 Å². The van der Waals surface area contributed by atoms with E-state index in [1.807, 2.05) is 17.5 Å². The molecule has 0 radical (unpaired) electrons. The second kappa shape index (κ2) is 9.91. The Morgan fingerprint density at radius 3 is 2.69 bits per heavy atom. The van der Waals surface area contributed by atoms with Gasteiger partial charge in [-0.05, 0) is 50.3 Å². The lowest BCUT2D eigenvalue weighted by Gasteiger charge is -2.36. The van der Waals surface area contributed by atoms with Gasteiger partial charge in [0.25, 0.3) is 0 Å². The van der Waals surface area contributed by atoms with Gasteiger partial charge in [0.1, 0.15) is 0 Å². The summed E-state index contributed by atoms with van der Waals surface area (Å²) in [7, 11) is 0. The number of ketones is 1. The predicted octanol–water partition coefficient (Wildman–Crippen LogP) is 4.69. The monoisotopic (exact) mass is 498 g/mol. The summed E-state index contributed by atoms with van der Waals surface area (Å²) in [6, 6.07) is 6.60. The molecule has 10 heteroatoms. The number of dihydropyridines is 1. The summed E-state index contributed by atoms with van der Waals surface area (Å²) in [6.45, 7) is 5.38. The average molecular weight is 499 g/mol. The number of phenolic OH excluding ortho intramolecular Hbond substituents is 1. The number of nitrogens with one attached hydrogen (secondary N) is 1. The highest BCUT2D eigenvalue weighted by Gasteiger charge is 2.42. The highest BCUT2D eigenvalue weighted by Crippen LogP contribution is 2.49. The number of ether oxygens (including phenoxy) is 2. The first-order valence-corrected chi connectivity index (χ1v) is 12.2. The number of nitrogens with zero attached hydrogens (tertiary/aromatic N) is 1. The van der Waals surface area contributed by atoms with Gasteiger partial charge in [-0.25, -0.2) is 4.79 Å². The lowest BCUT2D eigenvalue weighted by molar-refractivity contribution is -0.386. The number of thiophene rings is 1. The molecule has 1 aromatic carbocycles. The first-order valence-electron chi connectivity index (χ1n) is 11.3.